The van der Waals surface area contributed by atoms with E-state index in [0.29, 0.717) is 0 Å². The molecule has 0 atom stereocenters. The smallest absolute Gasteiger partial charge is 0.160 e. The predicted octanol–water partition coefficient (Wildman–Crippen LogP) is 7.76. The minimum Gasteiger partial charge on any atom is -0.496 e. The highest BCUT2D eigenvalue weighted by Gasteiger charge is 2.14. The third kappa shape index (κ3) is 7.48. The van der Waals surface area contributed by atoms with E-state index in [1.165, 1.54) is 36.8 Å². The SMILES string of the molecule is CCCCC/C=C\c1c(OC)ccc(C(C)=O)c1CCCCCc1ccc(C)cc1. The first-order valence-corrected chi connectivity index (χ1v) is 11.5. The molecule has 2 heteroatoms. The summed E-state index contributed by atoms with van der Waals surface area (Å²) in [6.45, 7) is 6.01. The van der Waals surface area contributed by atoms with Crippen LogP contribution >= 0.6 is 0 Å². The molecular formula is C28H38O2. The van der Waals surface area contributed by atoms with Crippen molar-refractivity contribution in [3.63, 3.8) is 0 Å². The predicted molar refractivity (Wildman–Crippen MR) is 129 cm³/mol. The molecule has 2 rings (SSSR count). The second kappa shape index (κ2) is 13.1. The Kier molecular flexibility index (Phi) is 10.4. The Morgan fingerprint density at radius 2 is 1.67 bits per heavy atom. The summed E-state index contributed by atoms with van der Waals surface area (Å²) in [6, 6.07) is 12.7. The van der Waals surface area contributed by atoms with Crippen LogP contribution in [-0.4, -0.2) is 12.9 Å². The van der Waals surface area contributed by atoms with E-state index < -0.39 is 0 Å². The third-order valence-corrected chi connectivity index (χ3v) is 5.69. The molecule has 0 unspecified atom stereocenters. The number of allylic oxidation sites excluding steroid dienone is 1. The van der Waals surface area contributed by atoms with Gasteiger partial charge in [-0.3, -0.25) is 4.79 Å². The molecule has 0 saturated heterocycles. The summed E-state index contributed by atoms with van der Waals surface area (Å²) >= 11 is 0. The summed E-state index contributed by atoms with van der Waals surface area (Å²) in [4.78, 5) is 12.3. The van der Waals surface area contributed by atoms with Gasteiger partial charge in [0.15, 0.2) is 5.78 Å². The van der Waals surface area contributed by atoms with Gasteiger partial charge in [0.2, 0.25) is 0 Å². The Hall–Kier alpha value is -2.35. The van der Waals surface area contributed by atoms with Crippen molar-refractivity contribution >= 4 is 11.9 Å². The zero-order valence-electron chi connectivity index (χ0n) is 19.3. The Balaban J connectivity index is 2.05. The van der Waals surface area contributed by atoms with Crippen LogP contribution in [0, 0.1) is 6.92 Å². The maximum absolute atomic E-state index is 12.3. The average molecular weight is 407 g/mol. The lowest BCUT2D eigenvalue weighted by Gasteiger charge is -2.15. The van der Waals surface area contributed by atoms with Gasteiger partial charge in [-0.05, 0) is 75.6 Å². The Morgan fingerprint density at radius 3 is 2.33 bits per heavy atom. The number of methoxy groups -OCH3 is 1. The van der Waals surface area contributed by atoms with E-state index in [9.17, 15) is 4.79 Å². The molecule has 0 amide bonds. The Morgan fingerprint density at radius 1 is 0.933 bits per heavy atom. The number of carbonyl (C=O) groups is 1. The highest BCUT2D eigenvalue weighted by atomic mass is 16.5. The first kappa shape index (κ1) is 23.9. The lowest BCUT2D eigenvalue weighted by atomic mass is 9.92. The third-order valence-electron chi connectivity index (χ3n) is 5.69. The molecule has 0 aliphatic heterocycles. The van der Waals surface area contributed by atoms with Gasteiger partial charge in [0.25, 0.3) is 0 Å². The second-order valence-electron chi connectivity index (χ2n) is 8.21. The largest absolute Gasteiger partial charge is 0.496 e. The number of rotatable bonds is 13. The number of carbonyl (C=O) groups excluding carboxylic acids is 1. The highest BCUT2D eigenvalue weighted by Crippen LogP contribution is 2.29. The lowest BCUT2D eigenvalue weighted by molar-refractivity contribution is 0.101. The first-order valence-electron chi connectivity index (χ1n) is 11.5. The zero-order valence-corrected chi connectivity index (χ0v) is 19.3. The number of Topliss-reactive ketones (excluding diaryl/α,β-unsaturated/α-hetero) is 1. The van der Waals surface area contributed by atoms with E-state index in [1.807, 2.05) is 12.1 Å². The summed E-state index contributed by atoms with van der Waals surface area (Å²) in [5, 5.41) is 0. The van der Waals surface area contributed by atoms with E-state index in [1.54, 1.807) is 14.0 Å². The van der Waals surface area contributed by atoms with Crippen LogP contribution in [0.3, 0.4) is 0 Å². The topological polar surface area (TPSA) is 26.3 Å². The highest BCUT2D eigenvalue weighted by molar-refractivity contribution is 5.97. The van der Waals surface area contributed by atoms with Crippen LogP contribution in [0.5, 0.6) is 5.75 Å². The molecule has 0 aliphatic rings. The van der Waals surface area contributed by atoms with Gasteiger partial charge in [0, 0.05) is 11.1 Å². The van der Waals surface area contributed by atoms with E-state index in [2.05, 4.69) is 50.3 Å². The number of hydrogen-bond donors (Lipinski definition) is 0. The van der Waals surface area contributed by atoms with Gasteiger partial charge in [0.1, 0.15) is 5.75 Å². The molecule has 30 heavy (non-hydrogen) atoms. The molecular weight excluding hydrogens is 368 g/mol. The van der Waals surface area contributed by atoms with Crippen LogP contribution in [0.4, 0.5) is 0 Å². The van der Waals surface area contributed by atoms with Crippen molar-refractivity contribution in [3.8, 4) is 5.75 Å². The van der Waals surface area contributed by atoms with Crippen LogP contribution in [0.25, 0.3) is 6.08 Å². The normalized spacial score (nSPS) is 11.2. The molecule has 2 aromatic carbocycles. The summed E-state index contributed by atoms with van der Waals surface area (Å²) in [5.41, 5.74) is 5.78. The molecule has 0 fully saturated rings. The molecule has 162 valence electrons. The monoisotopic (exact) mass is 406 g/mol. The van der Waals surface area contributed by atoms with Crippen LogP contribution in [0.15, 0.2) is 42.5 Å². The van der Waals surface area contributed by atoms with Crippen molar-refractivity contribution in [2.75, 3.05) is 7.11 Å². The van der Waals surface area contributed by atoms with Crippen LogP contribution < -0.4 is 4.74 Å². The summed E-state index contributed by atoms with van der Waals surface area (Å²) < 4.78 is 5.63. The quantitative estimate of drug-likeness (QED) is 0.251. The Labute approximate surface area is 183 Å². The van der Waals surface area contributed by atoms with Gasteiger partial charge in [-0.15, -0.1) is 0 Å². The fourth-order valence-corrected chi connectivity index (χ4v) is 3.88. The van der Waals surface area contributed by atoms with Crippen LogP contribution in [-0.2, 0) is 12.8 Å². The molecule has 0 N–H and O–H groups in total. The molecule has 0 bridgehead atoms. The second-order valence-corrected chi connectivity index (χ2v) is 8.21. The molecule has 0 aliphatic carbocycles. The summed E-state index contributed by atoms with van der Waals surface area (Å²) in [5.74, 6) is 0.995. The average Bonchev–Trinajstić information content (AvgIpc) is 2.74. The zero-order chi connectivity index (χ0) is 21.8. The number of unbranched alkanes of at least 4 members (excludes halogenated alkanes) is 5. The lowest BCUT2D eigenvalue weighted by Crippen LogP contribution is -2.04. The summed E-state index contributed by atoms with van der Waals surface area (Å²) in [7, 11) is 1.71. The van der Waals surface area contributed by atoms with E-state index in [0.717, 1.165) is 54.5 Å². The van der Waals surface area contributed by atoms with Gasteiger partial charge >= 0.3 is 0 Å². The number of ketones is 1. The van der Waals surface area contributed by atoms with E-state index in [4.69, 9.17) is 4.74 Å². The maximum atomic E-state index is 12.3. The number of aryl methyl sites for hydroxylation is 2. The van der Waals surface area contributed by atoms with Gasteiger partial charge in [-0.25, -0.2) is 0 Å². The minimum absolute atomic E-state index is 0.132. The maximum Gasteiger partial charge on any atom is 0.160 e. The number of benzene rings is 2. The van der Waals surface area contributed by atoms with Crippen molar-refractivity contribution in [3.05, 3.63) is 70.3 Å². The van der Waals surface area contributed by atoms with Crippen molar-refractivity contribution in [1.29, 1.82) is 0 Å². The van der Waals surface area contributed by atoms with Crippen LogP contribution in [0.2, 0.25) is 0 Å². The number of ether oxygens (including phenoxy) is 1. The molecule has 0 spiro atoms. The van der Waals surface area contributed by atoms with Crippen molar-refractivity contribution in [2.45, 2.75) is 78.6 Å². The van der Waals surface area contributed by atoms with Crippen molar-refractivity contribution in [2.24, 2.45) is 0 Å². The molecule has 2 nitrogen and oxygen atoms in total. The molecule has 0 saturated carbocycles. The Bertz CT molecular complexity index is 815. The van der Waals surface area contributed by atoms with E-state index >= 15 is 0 Å². The number of hydrogen-bond acceptors (Lipinski definition) is 2. The first-order chi connectivity index (χ1) is 14.6. The fourth-order valence-electron chi connectivity index (χ4n) is 3.88. The molecule has 0 radical (unpaired) electrons. The standard InChI is InChI=1S/C28H38O2/c1-5-6-7-8-11-15-27-26(25(23(3)29)20-21-28(27)30-4)14-12-9-10-13-24-18-16-22(2)17-19-24/h11,15-21H,5-10,12-14H2,1-4H3/b15-11-. The van der Waals surface area contributed by atoms with Crippen molar-refractivity contribution < 1.29 is 9.53 Å². The van der Waals surface area contributed by atoms with Gasteiger partial charge < -0.3 is 4.74 Å². The summed E-state index contributed by atoms with van der Waals surface area (Å²) in [6.07, 6.45) is 14.6. The van der Waals surface area contributed by atoms with Gasteiger partial charge in [0.05, 0.1) is 7.11 Å². The van der Waals surface area contributed by atoms with E-state index in [-0.39, 0.29) is 5.78 Å². The fraction of sp³-hybridized carbons (Fsp3) is 0.464. The van der Waals surface area contributed by atoms with Crippen LogP contribution in [0.1, 0.15) is 91.4 Å². The molecule has 0 aromatic heterocycles. The van der Waals surface area contributed by atoms with Gasteiger partial charge in [-0.2, -0.15) is 0 Å². The minimum atomic E-state index is 0.132. The molecule has 0 heterocycles. The molecule has 2 aromatic rings. The van der Waals surface area contributed by atoms with Gasteiger partial charge in [-0.1, -0.05) is 68.2 Å². The van der Waals surface area contributed by atoms with Crippen molar-refractivity contribution in [1.82, 2.24) is 0 Å².